The maximum atomic E-state index is 6.14. The van der Waals surface area contributed by atoms with Gasteiger partial charge in [-0.25, -0.2) is 9.98 Å². The summed E-state index contributed by atoms with van der Waals surface area (Å²) in [4.78, 5) is 9.76. The zero-order chi connectivity index (χ0) is 22.7. The molecule has 0 unspecified atom stereocenters. The maximum absolute atomic E-state index is 6.14. The van der Waals surface area contributed by atoms with E-state index in [0.717, 1.165) is 34.3 Å². The Morgan fingerprint density at radius 1 is 0.645 bits per heavy atom. The third-order valence-corrected chi connectivity index (χ3v) is 5.51. The number of hydrogen-bond donors (Lipinski definition) is 0. The molecule has 0 saturated carbocycles. The summed E-state index contributed by atoms with van der Waals surface area (Å²) in [5, 5.41) is 0. The molecular formula is C28H34N2O. The lowest BCUT2D eigenvalue weighted by Gasteiger charge is -2.11. The Hall–Kier alpha value is -2.94. The second kappa shape index (κ2) is 9.47. The van der Waals surface area contributed by atoms with E-state index in [1.165, 1.54) is 22.3 Å². The molecule has 31 heavy (non-hydrogen) atoms. The summed E-state index contributed by atoms with van der Waals surface area (Å²) >= 11 is 0. The fourth-order valence-corrected chi connectivity index (χ4v) is 3.67. The van der Waals surface area contributed by atoms with Crippen molar-refractivity contribution in [2.45, 2.75) is 67.2 Å². The van der Waals surface area contributed by atoms with Crippen molar-refractivity contribution in [2.24, 2.45) is 9.98 Å². The first-order chi connectivity index (χ1) is 14.7. The monoisotopic (exact) mass is 414 g/mol. The van der Waals surface area contributed by atoms with Crippen LogP contribution in [0.1, 0.15) is 87.2 Å². The SMILES string of the molecule is CC(=Nc1ccc(C)cc1C(C)C)c1ccc(C(C)=Nc2ccc(C)cc2C(C)C)o1. The summed E-state index contributed by atoms with van der Waals surface area (Å²) in [5.74, 6) is 2.37. The highest BCUT2D eigenvalue weighted by atomic mass is 16.3. The number of hydrogen-bond acceptors (Lipinski definition) is 3. The normalized spacial score (nSPS) is 12.8. The minimum Gasteiger partial charge on any atom is -0.454 e. The van der Waals surface area contributed by atoms with Gasteiger partial charge in [-0.05, 0) is 74.9 Å². The van der Waals surface area contributed by atoms with Crippen LogP contribution in [0.25, 0.3) is 0 Å². The van der Waals surface area contributed by atoms with Gasteiger partial charge in [0.1, 0.15) is 11.5 Å². The van der Waals surface area contributed by atoms with E-state index in [9.17, 15) is 0 Å². The van der Waals surface area contributed by atoms with Gasteiger partial charge in [-0.15, -0.1) is 0 Å². The molecule has 3 rings (SSSR count). The summed E-state index contributed by atoms with van der Waals surface area (Å²) < 4.78 is 6.14. The van der Waals surface area contributed by atoms with E-state index < -0.39 is 0 Å². The van der Waals surface area contributed by atoms with Crippen LogP contribution in [-0.2, 0) is 0 Å². The Kier molecular flexibility index (Phi) is 6.94. The topological polar surface area (TPSA) is 37.9 Å². The van der Waals surface area contributed by atoms with Crippen molar-refractivity contribution in [1.82, 2.24) is 0 Å². The van der Waals surface area contributed by atoms with Crippen LogP contribution in [0.15, 0.2) is 62.9 Å². The first-order valence-corrected chi connectivity index (χ1v) is 11.1. The van der Waals surface area contributed by atoms with Crippen molar-refractivity contribution in [3.8, 4) is 0 Å². The van der Waals surface area contributed by atoms with Crippen LogP contribution in [0.5, 0.6) is 0 Å². The molecule has 0 atom stereocenters. The van der Waals surface area contributed by atoms with Gasteiger partial charge in [0.15, 0.2) is 0 Å². The van der Waals surface area contributed by atoms with Crippen molar-refractivity contribution in [3.05, 3.63) is 82.3 Å². The van der Waals surface area contributed by atoms with Crippen LogP contribution in [0, 0.1) is 13.8 Å². The Labute approximate surface area is 187 Å². The van der Waals surface area contributed by atoms with Gasteiger partial charge in [0.25, 0.3) is 0 Å². The number of furan rings is 1. The lowest BCUT2D eigenvalue weighted by molar-refractivity contribution is 0.547. The van der Waals surface area contributed by atoms with Crippen LogP contribution < -0.4 is 0 Å². The van der Waals surface area contributed by atoms with E-state index in [4.69, 9.17) is 14.4 Å². The maximum Gasteiger partial charge on any atom is 0.148 e. The van der Waals surface area contributed by atoms with Gasteiger partial charge in [0.05, 0.1) is 22.8 Å². The molecule has 0 saturated heterocycles. The standard InChI is InChI=1S/C28H34N2O/c1-17(2)23-15-19(5)9-11-25(23)29-21(7)27-13-14-28(31-27)22(8)30-26-12-10-20(6)16-24(26)18(3)4/h9-18H,1-8H3. The van der Waals surface area contributed by atoms with Crippen molar-refractivity contribution < 1.29 is 4.42 Å². The second-order valence-corrected chi connectivity index (χ2v) is 8.99. The third kappa shape index (κ3) is 5.41. The Morgan fingerprint density at radius 2 is 1.03 bits per heavy atom. The first kappa shape index (κ1) is 22.7. The van der Waals surface area contributed by atoms with Crippen LogP contribution >= 0.6 is 0 Å². The summed E-state index contributed by atoms with van der Waals surface area (Å²) in [5.41, 5.74) is 8.75. The van der Waals surface area contributed by atoms with E-state index in [0.29, 0.717) is 11.8 Å². The predicted octanol–water partition coefficient (Wildman–Crippen LogP) is 8.42. The van der Waals surface area contributed by atoms with E-state index in [1.807, 2.05) is 26.0 Å². The molecule has 0 radical (unpaired) electrons. The predicted molar refractivity (Wildman–Crippen MR) is 133 cm³/mol. The number of aryl methyl sites for hydroxylation is 2. The van der Waals surface area contributed by atoms with Gasteiger partial charge in [-0.2, -0.15) is 0 Å². The average molecular weight is 415 g/mol. The van der Waals surface area contributed by atoms with E-state index in [1.54, 1.807) is 0 Å². The molecule has 2 aromatic carbocycles. The number of nitrogens with zero attached hydrogens (tertiary/aromatic N) is 2. The third-order valence-electron chi connectivity index (χ3n) is 5.51. The molecule has 162 valence electrons. The minimum atomic E-state index is 0.414. The molecule has 3 aromatic rings. The second-order valence-electron chi connectivity index (χ2n) is 8.99. The van der Waals surface area contributed by atoms with Gasteiger partial charge in [-0.1, -0.05) is 63.1 Å². The highest BCUT2D eigenvalue weighted by Gasteiger charge is 2.12. The first-order valence-electron chi connectivity index (χ1n) is 11.1. The molecule has 0 spiro atoms. The van der Waals surface area contributed by atoms with Gasteiger partial charge < -0.3 is 4.42 Å². The zero-order valence-corrected chi connectivity index (χ0v) is 20.1. The fourth-order valence-electron chi connectivity index (χ4n) is 3.67. The molecule has 0 amide bonds. The molecule has 0 N–H and O–H groups in total. The average Bonchev–Trinajstić information content (AvgIpc) is 3.21. The van der Waals surface area contributed by atoms with Crippen LogP contribution in [0.2, 0.25) is 0 Å². The number of rotatable bonds is 6. The molecular weight excluding hydrogens is 380 g/mol. The zero-order valence-electron chi connectivity index (χ0n) is 20.1. The Bertz CT molecular complexity index is 1040. The van der Waals surface area contributed by atoms with Crippen LogP contribution in [0.3, 0.4) is 0 Å². The molecule has 1 aromatic heterocycles. The molecule has 0 fully saturated rings. The molecule has 0 bridgehead atoms. The Balaban J connectivity index is 1.92. The van der Waals surface area contributed by atoms with Crippen LogP contribution in [-0.4, -0.2) is 11.4 Å². The van der Waals surface area contributed by atoms with Gasteiger partial charge >= 0.3 is 0 Å². The van der Waals surface area contributed by atoms with Crippen molar-refractivity contribution in [1.29, 1.82) is 0 Å². The fraction of sp³-hybridized carbons (Fsp3) is 0.357. The van der Waals surface area contributed by atoms with Crippen molar-refractivity contribution >= 4 is 22.8 Å². The molecule has 1 heterocycles. The van der Waals surface area contributed by atoms with Gasteiger partial charge in [0.2, 0.25) is 0 Å². The number of benzene rings is 2. The number of aliphatic imine (C=N–C) groups is 2. The molecule has 3 nitrogen and oxygen atoms in total. The molecule has 0 aliphatic carbocycles. The minimum absolute atomic E-state index is 0.414. The lowest BCUT2D eigenvalue weighted by Crippen LogP contribution is -1.96. The smallest absolute Gasteiger partial charge is 0.148 e. The molecule has 0 aliphatic rings. The van der Waals surface area contributed by atoms with Crippen molar-refractivity contribution in [3.63, 3.8) is 0 Å². The molecule has 0 aliphatic heterocycles. The van der Waals surface area contributed by atoms with Gasteiger partial charge in [0, 0.05) is 0 Å². The molecule has 3 heteroatoms. The summed E-state index contributed by atoms with van der Waals surface area (Å²) in [6.45, 7) is 17.0. The quantitative estimate of drug-likeness (QED) is 0.373. The highest BCUT2D eigenvalue weighted by molar-refractivity contribution is 6.02. The summed E-state index contributed by atoms with van der Waals surface area (Å²) in [6, 6.07) is 16.8. The summed E-state index contributed by atoms with van der Waals surface area (Å²) in [7, 11) is 0. The largest absolute Gasteiger partial charge is 0.454 e. The van der Waals surface area contributed by atoms with Crippen molar-refractivity contribution in [2.75, 3.05) is 0 Å². The van der Waals surface area contributed by atoms with E-state index >= 15 is 0 Å². The van der Waals surface area contributed by atoms with E-state index in [-0.39, 0.29) is 0 Å². The van der Waals surface area contributed by atoms with E-state index in [2.05, 4.69) is 77.9 Å². The lowest BCUT2D eigenvalue weighted by atomic mass is 9.99. The highest BCUT2D eigenvalue weighted by Crippen LogP contribution is 2.30. The summed E-state index contributed by atoms with van der Waals surface area (Å²) in [6.07, 6.45) is 0. The van der Waals surface area contributed by atoms with Gasteiger partial charge in [-0.3, -0.25) is 0 Å². The Morgan fingerprint density at radius 3 is 1.39 bits per heavy atom. The van der Waals surface area contributed by atoms with Crippen LogP contribution in [0.4, 0.5) is 11.4 Å².